The molecule has 0 aromatic heterocycles. The lowest BCUT2D eigenvalue weighted by Crippen LogP contribution is -2.50. The van der Waals surface area contributed by atoms with E-state index in [1.54, 1.807) is 0 Å². The van der Waals surface area contributed by atoms with Crippen molar-refractivity contribution in [1.82, 2.24) is 10.6 Å². The van der Waals surface area contributed by atoms with Crippen molar-refractivity contribution in [2.75, 3.05) is 13.1 Å². The van der Waals surface area contributed by atoms with Crippen LogP contribution < -0.4 is 10.6 Å². The van der Waals surface area contributed by atoms with Crippen molar-refractivity contribution < 1.29 is 18.0 Å². The van der Waals surface area contributed by atoms with Crippen LogP contribution in [0.1, 0.15) is 18.4 Å². The van der Waals surface area contributed by atoms with Crippen LogP contribution in [-0.2, 0) is 10.7 Å². The Kier molecular flexibility index (Phi) is 4.09. The Bertz CT molecular complexity index is 442. The fourth-order valence-electron chi connectivity index (χ4n) is 2.04. The molecule has 2 rings (SSSR count). The molecule has 1 amide bonds. The lowest BCUT2D eigenvalue weighted by atomic mass is 10.0. The number of piperidine rings is 1. The predicted molar refractivity (Wildman–Crippen MR) is 64.3 cm³/mol. The van der Waals surface area contributed by atoms with Gasteiger partial charge in [0.15, 0.2) is 0 Å². The number of amides is 1. The molecule has 0 unspecified atom stereocenters. The average molecular weight is 272 g/mol. The highest BCUT2D eigenvalue weighted by Gasteiger charge is 2.41. The van der Waals surface area contributed by atoms with Crippen molar-refractivity contribution in [3.05, 3.63) is 35.6 Å². The summed E-state index contributed by atoms with van der Waals surface area (Å²) in [6, 6.07) is 3.40. The van der Waals surface area contributed by atoms with Crippen LogP contribution in [0.5, 0.6) is 0 Å². The van der Waals surface area contributed by atoms with E-state index in [1.165, 1.54) is 0 Å². The molecule has 0 spiro atoms. The zero-order valence-corrected chi connectivity index (χ0v) is 10.3. The molecule has 0 bridgehead atoms. The van der Waals surface area contributed by atoms with Crippen LogP contribution in [0.4, 0.5) is 13.2 Å². The van der Waals surface area contributed by atoms with Crippen LogP contribution in [0.15, 0.2) is 24.3 Å². The van der Waals surface area contributed by atoms with E-state index in [9.17, 15) is 18.0 Å². The number of nitrogens with one attached hydrogen (secondary N) is 2. The highest BCUT2D eigenvalue weighted by atomic mass is 19.3. The third-order valence-corrected chi connectivity index (χ3v) is 3.12. The molecule has 1 aliphatic heterocycles. The highest BCUT2D eigenvalue weighted by molar-refractivity contribution is 5.85. The summed E-state index contributed by atoms with van der Waals surface area (Å²) in [4.78, 5) is 11.6. The Labute approximate surface area is 109 Å². The molecule has 2 N–H and O–H groups in total. The minimum atomic E-state index is -3.65. The molecule has 1 aliphatic rings. The monoisotopic (exact) mass is 272 g/mol. The summed E-state index contributed by atoms with van der Waals surface area (Å²) in [5.74, 6) is -5.60. The molecule has 1 atom stereocenters. The zero-order valence-electron chi connectivity index (χ0n) is 10.3. The smallest absolute Gasteiger partial charge is 0.347 e. The fourth-order valence-corrected chi connectivity index (χ4v) is 2.04. The molecule has 1 heterocycles. The van der Waals surface area contributed by atoms with Gasteiger partial charge in [-0.15, -0.1) is 0 Å². The van der Waals surface area contributed by atoms with Crippen LogP contribution >= 0.6 is 0 Å². The number of benzene rings is 1. The molecule has 0 aliphatic carbocycles. The number of hydrogen-bond acceptors (Lipinski definition) is 2. The van der Waals surface area contributed by atoms with Crippen molar-refractivity contribution in [3.63, 3.8) is 0 Å². The summed E-state index contributed by atoms with van der Waals surface area (Å²) in [5.41, 5.74) is -0.504. The van der Waals surface area contributed by atoms with Crippen LogP contribution in [0, 0.1) is 5.82 Å². The Morgan fingerprint density at radius 2 is 2.00 bits per heavy atom. The predicted octanol–water partition coefficient (Wildman–Crippen LogP) is 1.79. The maximum atomic E-state index is 13.9. The number of rotatable bonds is 3. The first kappa shape index (κ1) is 13.9. The molecule has 1 aromatic rings. The van der Waals surface area contributed by atoms with E-state index in [-0.39, 0.29) is 6.04 Å². The average Bonchev–Trinajstić information content (AvgIpc) is 2.40. The maximum Gasteiger partial charge on any atom is 0.349 e. The van der Waals surface area contributed by atoms with E-state index in [2.05, 4.69) is 10.6 Å². The number of alkyl halides is 2. The normalized spacial score (nSPS) is 20.1. The van der Waals surface area contributed by atoms with Crippen LogP contribution in [0.3, 0.4) is 0 Å². The van der Waals surface area contributed by atoms with E-state index in [0.29, 0.717) is 13.0 Å². The van der Waals surface area contributed by atoms with Gasteiger partial charge in [0.25, 0.3) is 5.91 Å². The minimum absolute atomic E-state index is 0.285. The van der Waals surface area contributed by atoms with Gasteiger partial charge in [0.1, 0.15) is 5.82 Å². The maximum absolute atomic E-state index is 13.9. The summed E-state index contributed by atoms with van der Waals surface area (Å²) < 4.78 is 40.5. The van der Waals surface area contributed by atoms with Gasteiger partial charge in [-0.3, -0.25) is 4.79 Å². The van der Waals surface area contributed by atoms with Gasteiger partial charge >= 0.3 is 5.92 Å². The van der Waals surface area contributed by atoms with Gasteiger partial charge in [-0.25, -0.2) is 4.39 Å². The van der Waals surface area contributed by atoms with Gasteiger partial charge in [-0.2, -0.15) is 8.78 Å². The minimum Gasteiger partial charge on any atom is -0.347 e. The quantitative estimate of drug-likeness (QED) is 0.880. The second kappa shape index (κ2) is 5.61. The van der Waals surface area contributed by atoms with Gasteiger partial charge in [0.05, 0.1) is 0 Å². The molecule has 3 nitrogen and oxygen atoms in total. The SMILES string of the molecule is O=C(N[C@H]1CCCNC1)C(F)(F)c1ccc(F)cc1. The van der Waals surface area contributed by atoms with Gasteiger partial charge in [0.2, 0.25) is 0 Å². The van der Waals surface area contributed by atoms with Crippen molar-refractivity contribution in [1.29, 1.82) is 0 Å². The number of carbonyl (C=O) groups is 1. The standard InChI is InChI=1S/C13H15F3N2O/c14-10-5-3-9(4-6-10)13(15,16)12(19)18-11-2-1-7-17-8-11/h3-6,11,17H,1-2,7-8H2,(H,18,19)/t11-/m0/s1. The second-order valence-electron chi connectivity index (χ2n) is 4.60. The van der Waals surface area contributed by atoms with E-state index < -0.39 is 23.2 Å². The molecule has 19 heavy (non-hydrogen) atoms. The molecule has 1 aromatic carbocycles. The van der Waals surface area contributed by atoms with Gasteiger partial charge < -0.3 is 10.6 Å². The topological polar surface area (TPSA) is 41.1 Å². The number of carbonyl (C=O) groups excluding carboxylic acids is 1. The van der Waals surface area contributed by atoms with Crippen LogP contribution in [0.2, 0.25) is 0 Å². The van der Waals surface area contributed by atoms with E-state index in [0.717, 1.165) is 37.2 Å². The van der Waals surface area contributed by atoms with Gasteiger partial charge in [0, 0.05) is 18.2 Å². The molecular weight excluding hydrogens is 257 g/mol. The fraction of sp³-hybridized carbons (Fsp3) is 0.462. The first-order valence-corrected chi connectivity index (χ1v) is 6.15. The second-order valence-corrected chi connectivity index (χ2v) is 4.60. The summed E-state index contributed by atoms with van der Waals surface area (Å²) in [6.45, 7) is 1.33. The van der Waals surface area contributed by atoms with Gasteiger partial charge in [-0.05, 0) is 43.7 Å². The summed E-state index contributed by atoms with van der Waals surface area (Å²) in [5, 5.41) is 5.36. The molecule has 1 fully saturated rings. The van der Waals surface area contributed by atoms with Crippen LogP contribution in [-0.4, -0.2) is 25.0 Å². The first-order valence-electron chi connectivity index (χ1n) is 6.15. The Morgan fingerprint density at radius 1 is 1.32 bits per heavy atom. The van der Waals surface area contributed by atoms with E-state index in [1.807, 2.05) is 0 Å². The molecule has 0 saturated carbocycles. The molecule has 6 heteroatoms. The summed E-state index contributed by atoms with van der Waals surface area (Å²) in [7, 11) is 0. The van der Waals surface area contributed by atoms with E-state index in [4.69, 9.17) is 0 Å². The van der Waals surface area contributed by atoms with E-state index >= 15 is 0 Å². The summed E-state index contributed by atoms with van der Waals surface area (Å²) in [6.07, 6.45) is 1.52. The van der Waals surface area contributed by atoms with Crippen molar-refractivity contribution in [2.24, 2.45) is 0 Å². The Morgan fingerprint density at radius 3 is 2.58 bits per heavy atom. The molecule has 104 valence electrons. The van der Waals surface area contributed by atoms with Crippen molar-refractivity contribution >= 4 is 5.91 Å². The largest absolute Gasteiger partial charge is 0.349 e. The molecule has 0 radical (unpaired) electrons. The summed E-state index contributed by atoms with van der Waals surface area (Å²) >= 11 is 0. The third-order valence-electron chi connectivity index (χ3n) is 3.12. The van der Waals surface area contributed by atoms with Crippen molar-refractivity contribution in [2.45, 2.75) is 24.8 Å². The molecule has 1 saturated heterocycles. The van der Waals surface area contributed by atoms with Crippen LogP contribution in [0.25, 0.3) is 0 Å². The number of hydrogen-bond donors (Lipinski definition) is 2. The lowest BCUT2D eigenvalue weighted by molar-refractivity contribution is -0.147. The first-order chi connectivity index (χ1) is 9.00. The zero-order chi connectivity index (χ0) is 13.9. The van der Waals surface area contributed by atoms with Gasteiger partial charge in [-0.1, -0.05) is 0 Å². The Hall–Kier alpha value is -1.56. The highest BCUT2D eigenvalue weighted by Crippen LogP contribution is 2.28. The third kappa shape index (κ3) is 3.26. The lowest BCUT2D eigenvalue weighted by Gasteiger charge is -2.26. The number of halogens is 3. The Balaban J connectivity index is 2.05. The molecular formula is C13H15F3N2O. The van der Waals surface area contributed by atoms with Crippen molar-refractivity contribution in [3.8, 4) is 0 Å².